The van der Waals surface area contributed by atoms with Gasteiger partial charge in [-0.2, -0.15) is 0 Å². The molecule has 2 unspecified atom stereocenters. The fraction of sp³-hybridized carbons (Fsp3) is 0.0625. The van der Waals surface area contributed by atoms with E-state index in [1.54, 1.807) is 0 Å². The highest BCUT2D eigenvalue weighted by atomic mass is 16.3. The van der Waals surface area contributed by atoms with Gasteiger partial charge < -0.3 is 15.1 Å². The number of anilines is 2. The van der Waals surface area contributed by atoms with E-state index >= 15 is 0 Å². The third-order valence-electron chi connectivity index (χ3n) is 6.94. The van der Waals surface area contributed by atoms with Crippen LogP contribution in [0.5, 0.6) is 0 Å². The molecule has 0 fully saturated rings. The van der Waals surface area contributed by atoms with Gasteiger partial charge in [-0.3, -0.25) is 5.32 Å². The highest BCUT2D eigenvalue weighted by molar-refractivity contribution is 6.08. The minimum Gasteiger partial charge on any atom is -0.456 e. The van der Waals surface area contributed by atoms with Crippen molar-refractivity contribution in [2.45, 2.75) is 12.3 Å². The van der Waals surface area contributed by atoms with E-state index in [0.29, 0.717) is 0 Å². The van der Waals surface area contributed by atoms with Gasteiger partial charge in [0.15, 0.2) is 6.29 Å². The van der Waals surface area contributed by atoms with Crippen LogP contribution in [0.1, 0.15) is 17.2 Å². The summed E-state index contributed by atoms with van der Waals surface area (Å²) in [5.41, 5.74) is 8.65. The second-order valence-corrected chi connectivity index (χ2v) is 9.18. The van der Waals surface area contributed by atoms with Gasteiger partial charge >= 0.3 is 0 Å². The summed E-state index contributed by atoms with van der Waals surface area (Å²) in [4.78, 5) is 0. The third-order valence-corrected chi connectivity index (χ3v) is 6.94. The molecule has 3 N–H and O–H groups in total. The van der Waals surface area contributed by atoms with E-state index in [1.165, 1.54) is 11.1 Å². The molecule has 0 radical (unpaired) electrons. The van der Waals surface area contributed by atoms with E-state index in [0.717, 1.165) is 44.4 Å². The van der Waals surface area contributed by atoms with E-state index in [1.807, 2.05) is 18.2 Å². The maximum absolute atomic E-state index is 6.22. The molecule has 36 heavy (non-hydrogen) atoms. The van der Waals surface area contributed by atoms with Gasteiger partial charge in [-0.05, 0) is 41.0 Å². The summed E-state index contributed by atoms with van der Waals surface area (Å²) in [6.07, 6.45) is -0.178. The van der Waals surface area contributed by atoms with Gasteiger partial charge in [0.05, 0.1) is 6.04 Å². The minimum atomic E-state index is -0.178. The first-order valence-electron chi connectivity index (χ1n) is 12.3. The molecule has 4 nitrogen and oxygen atoms in total. The highest BCUT2D eigenvalue weighted by Crippen LogP contribution is 2.39. The van der Waals surface area contributed by atoms with Crippen LogP contribution in [0.3, 0.4) is 0 Å². The van der Waals surface area contributed by atoms with Crippen LogP contribution < -0.4 is 16.0 Å². The maximum Gasteiger partial charge on any atom is 0.153 e. The Kier molecular flexibility index (Phi) is 4.97. The molecule has 4 heteroatoms. The number of nitrogens with one attached hydrogen (secondary N) is 3. The molecule has 0 bridgehead atoms. The number of rotatable bonds is 4. The van der Waals surface area contributed by atoms with Crippen molar-refractivity contribution in [2.75, 3.05) is 10.6 Å². The second kappa shape index (κ2) is 8.59. The Balaban J connectivity index is 1.34. The number of fused-ring (bicyclic) bond motifs is 4. The van der Waals surface area contributed by atoms with Crippen LogP contribution in [0.4, 0.5) is 11.4 Å². The first-order chi connectivity index (χ1) is 17.8. The number of hydrogen-bond acceptors (Lipinski definition) is 4. The molecular weight excluding hydrogens is 442 g/mol. The summed E-state index contributed by atoms with van der Waals surface area (Å²) in [5, 5.41) is 13.4. The fourth-order valence-electron chi connectivity index (χ4n) is 5.24. The molecule has 0 saturated heterocycles. The Bertz CT molecular complexity index is 1670. The second-order valence-electron chi connectivity index (χ2n) is 9.18. The number of benzene rings is 5. The smallest absolute Gasteiger partial charge is 0.153 e. The Morgan fingerprint density at radius 3 is 2.22 bits per heavy atom. The largest absolute Gasteiger partial charge is 0.456 e. The fourth-order valence-corrected chi connectivity index (χ4v) is 5.24. The van der Waals surface area contributed by atoms with Crippen molar-refractivity contribution < 1.29 is 4.42 Å². The van der Waals surface area contributed by atoms with Gasteiger partial charge in [-0.25, -0.2) is 0 Å². The first-order valence-corrected chi connectivity index (χ1v) is 12.3. The van der Waals surface area contributed by atoms with Crippen LogP contribution in [0.2, 0.25) is 0 Å². The zero-order valence-electron chi connectivity index (χ0n) is 19.6. The van der Waals surface area contributed by atoms with Gasteiger partial charge in [0.1, 0.15) is 11.2 Å². The Morgan fingerprint density at radius 2 is 1.36 bits per heavy atom. The summed E-state index contributed by atoms with van der Waals surface area (Å²) >= 11 is 0. The quantitative estimate of drug-likeness (QED) is 0.248. The van der Waals surface area contributed by atoms with E-state index in [9.17, 15) is 0 Å². The van der Waals surface area contributed by atoms with Gasteiger partial charge in [-0.15, -0.1) is 0 Å². The normalized spacial score (nSPS) is 17.0. The van der Waals surface area contributed by atoms with Crippen molar-refractivity contribution in [1.29, 1.82) is 0 Å². The first kappa shape index (κ1) is 20.8. The van der Waals surface area contributed by atoms with Gasteiger partial charge in [0.2, 0.25) is 0 Å². The molecule has 7 rings (SSSR count). The molecule has 1 aromatic heterocycles. The summed E-state index contributed by atoms with van der Waals surface area (Å²) in [7, 11) is 0. The van der Waals surface area contributed by atoms with Crippen molar-refractivity contribution in [3.63, 3.8) is 0 Å². The van der Waals surface area contributed by atoms with Crippen LogP contribution in [0, 0.1) is 0 Å². The molecule has 2 heterocycles. The van der Waals surface area contributed by atoms with E-state index in [2.05, 4.69) is 119 Å². The predicted octanol–water partition coefficient (Wildman–Crippen LogP) is 7.75. The molecule has 1 aliphatic heterocycles. The standard InChI is InChI=1S/C32H25N3O/c1-3-11-21(12-4-1)25-20-30-26(23-15-8-10-18-29(23)36-30)19-28(25)34-32-33-27-17-9-7-16-24(27)31(35-32)22-13-5-2-6-14-22/h1-20,31-35H. The predicted molar refractivity (Wildman–Crippen MR) is 148 cm³/mol. The molecule has 5 aromatic carbocycles. The topological polar surface area (TPSA) is 49.2 Å². The lowest BCUT2D eigenvalue weighted by atomic mass is 9.95. The summed E-state index contributed by atoms with van der Waals surface area (Å²) in [6.45, 7) is 0. The lowest BCUT2D eigenvalue weighted by Crippen LogP contribution is -2.48. The van der Waals surface area contributed by atoms with Crippen molar-refractivity contribution in [1.82, 2.24) is 5.32 Å². The summed E-state index contributed by atoms with van der Waals surface area (Å²) in [5.74, 6) is 0. The zero-order chi connectivity index (χ0) is 23.9. The Labute approximate surface area is 209 Å². The minimum absolute atomic E-state index is 0.0693. The van der Waals surface area contributed by atoms with Crippen molar-refractivity contribution in [3.05, 3.63) is 132 Å². The molecule has 6 aromatic rings. The van der Waals surface area contributed by atoms with Crippen LogP contribution in [-0.2, 0) is 0 Å². The molecule has 2 atom stereocenters. The molecule has 0 aliphatic carbocycles. The van der Waals surface area contributed by atoms with Crippen molar-refractivity contribution in [2.24, 2.45) is 0 Å². The van der Waals surface area contributed by atoms with E-state index in [4.69, 9.17) is 4.42 Å². The van der Waals surface area contributed by atoms with Crippen LogP contribution in [-0.4, -0.2) is 6.29 Å². The third kappa shape index (κ3) is 3.60. The average Bonchev–Trinajstić information content (AvgIpc) is 3.31. The number of para-hydroxylation sites is 2. The summed E-state index contributed by atoms with van der Waals surface area (Å²) < 4.78 is 6.22. The Morgan fingerprint density at radius 1 is 0.639 bits per heavy atom. The Hall–Kier alpha value is -4.54. The van der Waals surface area contributed by atoms with Crippen LogP contribution in [0.15, 0.2) is 126 Å². The maximum atomic E-state index is 6.22. The molecule has 0 saturated carbocycles. The molecular formula is C32H25N3O. The lowest BCUT2D eigenvalue weighted by molar-refractivity contribution is 0.527. The number of hydrogen-bond donors (Lipinski definition) is 3. The average molecular weight is 468 g/mol. The van der Waals surface area contributed by atoms with Crippen molar-refractivity contribution >= 4 is 33.3 Å². The SMILES string of the molecule is c1ccc(-c2cc3oc4ccccc4c3cc2NC2Nc3ccccc3C(c3ccccc3)N2)cc1. The van der Waals surface area contributed by atoms with E-state index in [-0.39, 0.29) is 12.3 Å². The highest BCUT2D eigenvalue weighted by Gasteiger charge is 2.27. The van der Waals surface area contributed by atoms with Crippen molar-refractivity contribution in [3.8, 4) is 11.1 Å². The van der Waals surface area contributed by atoms with Crippen LogP contribution >= 0.6 is 0 Å². The van der Waals surface area contributed by atoms with Gasteiger partial charge in [-0.1, -0.05) is 97.1 Å². The zero-order valence-corrected chi connectivity index (χ0v) is 19.6. The monoisotopic (exact) mass is 467 g/mol. The van der Waals surface area contributed by atoms with Gasteiger partial charge in [0, 0.05) is 27.7 Å². The lowest BCUT2D eigenvalue weighted by Gasteiger charge is -2.36. The van der Waals surface area contributed by atoms with Gasteiger partial charge in [0.25, 0.3) is 0 Å². The molecule has 1 aliphatic rings. The van der Waals surface area contributed by atoms with E-state index < -0.39 is 0 Å². The van der Waals surface area contributed by atoms with Crippen LogP contribution in [0.25, 0.3) is 33.1 Å². The molecule has 0 spiro atoms. The number of furan rings is 1. The molecule has 174 valence electrons. The summed E-state index contributed by atoms with van der Waals surface area (Å²) in [6, 6.07) is 42.2. The molecule has 0 amide bonds.